The number of fused-ring (bicyclic) bond motifs is 1. The number of rotatable bonds is 2. The molecule has 1 aromatic rings. The van der Waals surface area contributed by atoms with Gasteiger partial charge in [-0.3, -0.25) is 0 Å². The molecule has 1 unspecified atom stereocenters. The fourth-order valence-corrected chi connectivity index (χ4v) is 4.47. The van der Waals surface area contributed by atoms with E-state index in [0.717, 1.165) is 30.9 Å². The van der Waals surface area contributed by atoms with Crippen molar-refractivity contribution < 1.29 is 4.39 Å². The van der Waals surface area contributed by atoms with E-state index in [-0.39, 0.29) is 17.1 Å². The standard InChI is InChI=1S/C15H21ClFN3/c1-15(2)7-10(6-9-4-3-5-11(9)15)19-13-12(17)8-18-14(16)20-13/h8-11H,3-7H2,1-2H3,(H,18,19,20)/t9-,10+,11?/m0/s1. The van der Waals surface area contributed by atoms with Crippen LogP contribution in [0.25, 0.3) is 0 Å². The average molecular weight is 298 g/mol. The minimum Gasteiger partial charge on any atom is -0.365 e. The Kier molecular flexibility index (Phi) is 3.61. The zero-order valence-corrected chi connectivity index (χ0v) is 12.8. The third-order valence-electron chi connectivity index (χ3n) is 5.08. The Morgan fingerprint density at radius 2 is 2.20 bits per heavy atom. The monoisotopic (exact) mass is 297 g/mol. The van der Waals surface area contributed by atoms with E-state index in [4.69, 9.17) is 11.6 Å². The average Bonchev–Trinajstić information content (AvgIpc) is 2.82. The van der Waals surface area contributed by atoms with Crippen LogP contribution in [-0.4, -0.2) is 16.0 Å². The third-order valence-corrected chi connectivity index (χ3v) is 5.26. The summed E-state index contributed by atoms with van der Waals surface area (Å²) in [6, 6.07) is 0.268. The summed E-state index contributed by atoms with van der Waals surface area (Å²) in [7, 11) is 0. The summed E-state index contributed by atoms with van der Waals surface area (Å²) in [6.45, 7) is 4.68. The highest BCUT2D eigenvalue weighted by Gasteiger charge is 2.45. The lowest BCUT2D eigenvalue weighted by atomic mass is 9.63. The highest BCUT2D eigenvalue weighted by molar-refractivity contribution is 6.28. The maximum Gasteiger partial charge on any atom is 0.224 e. The van der Waals surface area contributed by atoms with Gasteiger partial charge in [0.05, 0.1) is 6.20 Å². The van der Waals surface area contributed by atoms with Crippen molar-refractivity contribution in [3.63, 3.8) is 0 Å². The first-order chi connectivity index (χ1) is 9.45. The van der Waals surface area contributed by atoms with Gasteiger partial charge in [0, 0.05) is 6.04 Å². The molecule has 1 N–H and O–H groups in total. The minimum atomic E-state index is -0.430. The molecule has 3 nitrogen and oxygen atoms in total. The van der Waals surface area contributed by atoms with Gasteiger partial charge < -0.3 is 5.32 Å². The molecule has 110 valence electrons. The molecule has 0 saturated heterocycles. The summed E-state index contributed by atoms with van der Waals surface area (Å²) >= 11 is 5.75. The third kappa shape index (κ3) is 2.62. The highest BCUT2D eigenvalue weighted by Crippen LogP contribution is 2.52. The van der Waals surface area contributed by atoms with Crippen LogP contribution in [0.15, 0.2) is 6.20 Å². The van der Waals surface area contributed by atoms with Crippen LogP contribution in [0.2, 0.25) is 5.28 Å². The van der Waals surface area contributed by atoms with E-state index in [0.29, 0.717) is 5.41 Å². The number of nitrogens with one attached hydrogen (secondary N) is 1. The number of halogens is 2. The Hall–Kier alpha value is -0.900. The predicted octanol–water partition coefficient (Wildman–Crippen LogP) is 4.29. The number of nitrogens with zero attached hydrogens (tertiary/aromatic N) is 2. The van der Waals surface area contributed by atoms with Gasteiger partial charge in [-0.2, -0.15) is 4.98 Å². The van der Waals surface area contributed by atoms with Crippen LogP contribution in [0.3, 0.4) is 0 Å². The quantitative estimate of drug-likeness (QED) is 0.828. The second-order valence-corrected chi connectivity index (χ2v) is 7.24. The number of hydrogen-bond donors (Lipinski definition) is 1. The lowest BCUT2D eigenvalue weighted by Gasteiger charge is -2.45. The maximum absolute atomic E-state index is 13.7. The van der Waals surface area contributed by atoms with Gasteiger partial charge in [0.25, 0.3) is 0 Å². The molecular weight excluding hydrogens is 277 g/mol. The van der Waals surface area contributed by atoms with Crippen LogP contribution in [0.1, 0.15) is 46.0 Å². The molecule has 0 spiro atoms. The summed E-state index contributed by atoms with van der Waals surface area (Å²) in [5.74, 6) is 1.39. The topological polar surface area (TPSA) is 37.8 Å². The molecule has 2 fully saturated rings. The van der Waals surface area contributed by atoms with E-state index in [1.165, 1.54) is 19.3 Å². The van der Waals surface area contributed by atoms with E-state index in [1.54, 1.807) is 0 Å². The normalized spacial score (nSPS) is 31.9. The van der Waals surface area contributed by atoms with Crippen molar-refractivity contribution in [2.45, 2.75) is 52.0 Å². The van der Waals surface area contributed by atoms with Crippen molar-refractivity contribution in [2.24, 2.45) is 17.3 Å². The maximum atomic E-state index is 13.7. The molecule has 0 aliphatic heterocycles. The van der Waals surface area contributed by atoms with Gasteiger partial charge in [0.2, 0.25) is 5.28 Å². The fourth-order valence-electron chi connectivity index (χ4n) is 4.33. The zero-order valence-electron chi connectivity index (χ0n) is 12.0. The van der Waals surface area contributed by atoms with Crippen LogP contribution < -0.4 is 5.32 Å². The van der Waals surface area contributed by atoms with E-state index in [9.17, 15) is 4.39 Å². The minimum absolute atomic E-state index is 0.0858. The van der Waals surface area contributed by atoms with Gasteiger partial charge in [-0.15, -0.1) is 0 Å². The molecule has 2 saturated carbocycles. The molecule has 0 aromatic carbocycles. The van der Waals surface area contributed by atoms with Crippen molar-refractivity contribution in [2.75, 3.05) is 5.32 Å². The van der Waals surface area contributed by atoms with Gasteiger partial charge in [0.1, 0.15) is 0 Å². The first-order valence-electron chi connectivity index (χ1n) is 7.40. The molecule has 3 rings (SSSR count). The molecule has 0 bridgehead atoms. The number of anilines is 1. The summed E-state index contributed by atoms with van der Waals surface area (Å²) in [6.07, 6.45) is 7.27. The first-order valence-corrected chi connectivity index (χ1v) is 7.78. The van der Waals surface area contributed by atoms with Gasteiger partial charge in [-0.1, -0.05) is 26.7 Å². The lowest BCUT2D eigenvalue weighted by Crippen LogP contribution is -2.41. The molecule has 2 aliphatic rings. The fraction of sp³-hybridized carbons (Fsp3) is 0.733. The second kappa shape index (κ2) is 5.14. The Bertz CT molecular complexity index is 506. The highest BCUT2D eigenvalue weighted by atomic mass is 35.5. The van der Waals surface area contributed by atoms with Crippen LogP contribution in [0.4, 0.5) is 10.2 Å². The largest absolute Gasteiger partial charge is 0.365 e. The summed E-state index contributed by atoms with van der Waals surface area (Å²) in [4.78, 5) is 7.62. The van der Waals surface area contributed by atoms with Crippen molar-refractivity contribution >= 4 is 17.4 Å². The summed E-state index contributed by atoms with van der Waals surface area (Å²) < 4.78 is 13.7. The SMILES string of the molecule is CC1(C)C[C@H](Nc2nc(Cl)ncc2F)C[C@@H]2CCCC21. The number of aromatic nitrogens is 2. The first kappa shape index (κ1) is 14.1. The van der Waals surface area contributed by atoms with Crippen LogP contribution in [-0.2, 0) is 0 Å². The Morgan fingerprint density at radius 3 is 3.00 bits per heavy atom. The smallest absolute Gasteiger partial charge is 0.224 e. The molecule has 3 atom stereocenters. The second-order valence-electron chi connectivity index (χ2n) is 6.90. The van der Waals surface area contributed by atoms with Crippen molar-refractivity contribution in [1.82, 2.24) is 9.97 Å². The van der Waals surface area contributed by atoms with Gasteiger partial charge in [0.15, 0.2) is 11.6 Å². The van der Waals surface area contributed by atoms with E-state index < -0.39 is 5.82 Å². The van der Waals surface area contributed by atoms with Crippen molar-refractivity contribution in [3.8, 4) is 0 Å². The van der Waals surface area contributed by atoms with Gasteiger partial charge >= 0.3 is 0 Å². The lowest BCUT2D eigenvalue weighted by molar-refractivity contribution is 0.0893. The molecule has 1 heterocycles. The van der Waals surface area contributed by atoms with Crippen molar-refractivity contribution in [3.05, 3.63) is 17.3 Å². The van der Waals surface area contributed by atoms with Crippen molar-refractivity contribution in [1.29, 1.82) is 0 Å². The van der Waals surface area contributed by atoms with E-state index in [2.05, 4.69) is 29.1 Å². The number of hydrogen-bond acceptors (Lipinski definition) is 3. The molecular formula is C15H21ClFN3. The van der Waals surface area contributed by atoms with Gasteiger partial charge in [-0.05, 0) is 48.1 Å². The van der Waals surface area contributed by atoms with Crippen LogP contribution in [0, 0.1) is 23.1 Å². The molecule has 0 amide bonds. The van der Waals surface area contributed by atoms with Crippen LogP contribution in [0.5, 0.6) is 0 Å². The van der Waals surface area contributed by atoms with Gasteiger partial charge in [-0.25, -0.2) is 9.37 Å². The summed E-state index contributed by atoms with van der Waals surface area (Å²) in [5.41, 5.74) is 0.310. The summed E-state index contributed by atoms with van der Waals surface area (Å²) in [5, 5.41) is 3.33. The Balaban J connectivity index is 1.76. The predicted molar refractivity (Wildman–Crippen MR) is 78.3 cm³/mol. The molecule has 5 heteroatoms. The van der Waals surface area contributed by atoms with E-state index in [1.807, 2.05) is 0 Å². The zero-order chi connectivity index (χ0) is 14.3. The molecule has 1 aromatic heterocycles. The molecule has 0 radical (unpaired) electrons. The molecule has 2 aliphatic carbocycles. The van der Waals surface area contributed by atoms with Crippen LogP contribution >= 0.6 is 11.6 Å². The van der Waals surface area contributed by atoms with E-state index >= 15 is 0 Å². The Morgan fingerprint density at radius 1 is 1.40 bits per heavy atom. The molecule has 20 heavy (non-hydrogen) atoms. The Labute approximate surface area is 124 Å².